The van der Waals surface area contributed by atoms with Crippen molar-refractivity contribution in [2.24, 2.45) is 7.05 Å². The molecule has 0 unspecified atom stereocenters. The SMILES string of the molecule is Cc1nc2cc(-c3nccn3C)nn2c(NC[C@@H](O)CN2CCOCC2)c1C. The predicted molar refractivity (Wildman–Crippen MR) is 106 cm³/mol. The smallest absolute Gasteiger partial charge is 0.160 e. The van der Waals surface area contributed by atoms with Crippen LogP contribution in [-0.2, 0) is 11.8 Å². The monoisotopic (exact) mass is 385 g/mol. The molecule has 0 spiro atoms. The quantitative estimate of drug-likeness (QED) is 0.650. The summed E-state index contributed by atoms with van der Waals surface area (Å²) in [5, 5.41) is 18.6. The van der Waals surface area contributed by atoms with E-state index in [9.17, 15) is 5.11 Å². The standard InChI is InChI=1S/C19H27N7O2/c1-13-14(2)22-17-10-16(19-20-4-5-24(19)3)23-26(17)18(13)21-11-15(27)12-25-6-8-28-9-7-25/h4-5,10,15,21,27H,6-9,11-12H2,1-3H3/t15-/m1/s1. The molecule has 1 atom stereocenters. The number of β-amino-alcohol motifs (C(OH)–C–C–N with tert-alkyl or cyclic N) is 1. The molecule has 4 rings (SSSR count). The first-order valence-electron chi connectivity index (χ1n) is 9.59. The number of aryl methyl sites for hydroxylation is 2. The molecule has 0 aromatic carbocycles. The second-order valence-electron chi connectivity index (χ2n) is 7.28. The molecule has 0 aliphatic carbocycles. The highest BCUT2D eigenvalue weighted by Gasteiger charge is 2.18. The van der Waals surface area contributed by atoms with Crippen LogP contribution in [0.15, 0.2) is 18.5 Å². The number of nitrogens with zero attached hydrogens (tertiary/aromatic N) is 6. The molecular formula is C19H27N7O2. The van der Waals surface area contributed by atoms with Crippen molar-refractivity contribution in [3.63, 3.8) is 0 Å². The number of rotatable bonds is 6. The maximum absolute atomic E-state index is 10.5. The fourth-order valence-corrected chi connectivity index (χ4v) is 3.49. The van der Waals surface area contributed by atoms with Gasteiger partial charge in [-0.1, -0.05) is 0 Å². The zero-order valence-electron chi connectivity index (χ0n) is 16.6. The van der Waals surface area contributed by atoms with Gasteiger partial charge in [-0.2, -0.15) is 9.61 Å². The minimum absolute atomic E-state index is 0.439. The third kappa shape index (κ3) is 3.73. The Hall–Kier alpha value is -2.49. The first-order chi connectivity index (χ1) is 13.5. The fraction of sp³-hybridized carbons (Fsp3) is 0.526. The van der Waals surface area contributed by atoms with Crippen LogP contribution in [0.1, 0.15) is 11.3 Å². The molecule has 0 amide bonds. The zero-order valence-corrected chi connectivity index (χ0v) is 16.6. The molecule has 0 saturated carbocycles. The van der Waals surface area contributed by atoms with Crippen molar-refractivity contribution in [1.29, 1.82) is 0 Å². The molecule has 1 aliphatic rings. The Morgan fingerprint density at radius 2 is 2.07 bits per heavy atom. The van der Waals surface area contributed by atoms with Gasteiger partial charge in [0.15, 0.2) is 11.5 Å². The fourth-order valence-electron chi connectivity index (χ4n) is 3.49. The first-order valence-corrected chi connectivity index (χ1v) is 9.59. The Kier molecular flexibility index (Phi) is 5.29. The summed E-state index contributed by atoms with van der Waals surface area (Å²) < 4.78 is 9.10. The van der Waals surface area contributed by atoms with E-state index in [2.05, 4.69) is 20.2 Å². The second kappa shape index (κ2) is 7.86. The van der Waals surface area contributed by atoms with Gasteiger partial charge in [0.05, 0.1) is 19.3 Å². The average Bonchev–Trinajstić information content (AvgIpc) is 3.28. The van der Waals surface area contributed by atoms with Crippen LogP contribution in [0.2, 0.25) is 0 Å². The van der Waals surface area contributed by atoms with Crippen molar-refractivity contribution in [2.75, 3.05) is 44.7 Å². The van der Waals surface area contributed by atoms with Crippen molar-refractivity contribution in [3.8, 4) is 11.5 Å². The number of morpholine rings is 1. The number of fused-ring (bicyclic) bond motifs is 1. The van der Waals surface area contributed by atoms with Crippen LogP contribution in [0.3, 0.4) is 0 Å². The van der Waals surface area contributed by atoms with E-state index in [1.807, 2.05) is 37.7 Å². The Labute approximate surface area is 164 Å². The van der Waals surface area contributed by atoms with Crippen molar-refractivity contribution in [3.05, 3.63) is 29.7 Å². The topological polar surface area (TPSA) is 92.7 Å². The van der Waals surface area contributed by atoms with E-state index < -0.39 is 6.10 Å². The predicted octanol–water partition coefficient (Wildman–Crippen LogP) is 0.852. The third-order valence-corrected chi connectivity index (χ3v) is 5.21. The Bertz CT molecular complexity index is 959. The van der Waals surface area contributed by atoms with Gasteiger partial charge in [0.1, 0.15) is 11.5 Å². The molecule has 150 valence electrons. The van der Waals surface area contributed by atoms with Crippen LogP contribution >= 0.6 is 0 Å². The Morgan fingerprint density at radius 1 is 1.29 bits per heavy atom. The highest BCUT2D eigenvalue weighted by atomic mass is 16.5. The van der Waals surface area contributed by atoms with Gasteiger partial charge in [0.25, 0.3) is 0 Å². The Balaban J connectivity index is 1.56. The number of anilines is 1. The minimum atomic E-state index is -0.481. The van der Waals surface area contributed by atoms with E-state index in [4.69, 9.17) is 9.84 Å². The summed E-state index contributed by atoms with van der Waals surface area (Å²) in [6.45, 7) is 8.24. The molecule has 3 aromatic heterocycles. The number of aliphatic hydroxyl groups is 1. The van der Waals surface area contributed by atoms with Gasteiger partial charge >= 0.3 is 0 Å². The number of imidazole rings is 1. The average molecular weight is 385 g/mol. The molecular weight excluding hydrogens is 358 g/mol. The molecule has 3 aromatic rings. The lowest BCUT2D eigenvalue weighted by atomic mass is 10.2. The summed E-state index contributed by atoms with van der Waals surface area (Å²) in [5.74, 6) is 1.64. The Morgan fingerprint density at radius 3 is 2.79 bits per heavy atom. The molecule has 1 saturated heterocycles. The summed E-state index contributed by atoms with van der Waals surface area (Å²) in [6, 6.07) is 1.93. The van der Waals surface area contributed by atoms with Crippen molar-refractivity contribution in [2.45, 2.75) is 20.0 Å². The number of hydrogen-bond donors (Lipinski definition) is 2. The van der Waals surface area contributed by atoms with E-state index in [1.165, 1.54) is 0 Å². The minimum Gasteiger partial charge on any atom is -0.390 e. The van der Waals surface area contributed by atoms with Crippen LogP contribution in [0.5, 0.6) is 0 Å². The van der Waals surface area contributed by atoms with E-state index >= 15 is 0 Å². The van der Waals surface area contributed by atoms with E-state index in [0.717, 1.165) is 60.5 Å². The van der Waals surface area contributed by atoms with Gasteiger partial charge in [0, 0.05) is 62.9 Å². The van der Waals surface area contributed by atoms with Gasteiger partial charge in [0.2, 0.25) is 0 Å². The lowest BCUT2D eigenvalue weighted by Crippen LogP contribution is -2.42. The van der Waals surface area contributed by atoms with Crippen LogP contribution in [0, 0.1) is 13.8 Å². The maximum atomic E-state index is 10.5. The summed E-state index contributed by atoms with van der Waals surface area (Å²) >= 11 is 0. The number of ether oxygens (including phenoxy) is 1. The van der Waals surface area contributed by atoms with Crippen molar-refractivity contribution in [1.82, 2.24) is 29.0 Å². The van der Waals surface area contributed by atoms with Crippen molar-refractivity contribution >= 4 is 11.5 Å². The lowest BCUT2D eigenvalue weighted by molar-refractivity contribution is 0.0171. The highest BCUT2D eigenvalue weighted by Crippen LogP contribution is 2.23. The van der Waals surface area contributed by atoms with Crippen LogP contribution in [0.4, 0.5) is 5.82 Å². The molecule has 1 fully saturated rings. The second-order valence-corrected chi connectivity index (χ2v) is 7.28. The van der Waals surface area contributed by atoms with Gasteiger partial charge < -0.3 is 19.7 Å². The largest absolute Gasteiger partial charge is 0.390 e. The maximum Gasteiger partial charge on any atom is 0.160 e. The van der Waals surface area contributed by atoms with Crippen LogP contribution < -0.4 is 5.32 Å². The first kappa shape index (κ1) is 18.9. The van der Waals surface area contributed by atoms with Gasteiger partial charge in [-0.05, 0) is 13.8 Å². The molecule has 0 bridgehead atoms. The van der Waals surface area contributed by atoms with Gasteiger partial charge in [-0.15, -0.1) is 0 Å². The van der Waals surface area contributed by atoms with Gasteiger partial charge in [-0.25, -0.2) is 9.97 Å². The number of hydrogen-bond acceptors (Lipinski definition) is 7. The van der Waals surface area contributed by atoms with E-state index in [0.29, 0.717) is 13.1 Å². The highest BCUT2D eigenvalue weighted by molar-refractivity contribution is 5.62. The summed E-state index contributed by atoms with van der Waals surface area (Å²) in [6.07, 6.45) is 3.17. The molecule has 1 aliphatic heterocycles. The summed E-state index contributed by atoms with van der Waals surface area (Å²) in [4.78, 5) is 11.3. The molecule has 0 radical (unpaired) electrons. The van der Waals surface area contributed by atoms with E-state index in [1.54, 1.807) is 10.7 Å². The van der Waals surface area contributed by atoms with Crippen LogP contribution in [-0.4, -0.2) is 79.7 Å². The lowest BCUT2D eigenvalue weighted by Gasteiger charge is -2.28. The normalized spacial score (nSPS) is 16.6. The number of aliphatic hydroxyl groups excluding tert-OH is 1. The number of aromatic nitrogens is 5. The van der Waals surface area contributed by atoms with Crippen molar-refractivity contribution < 1.29 is 9.84 Å². The molecule has 9 heteroatoms. The molecule has 28 heavy (non-hydrogen) atoms. The summed E-state index contributed by atoms with van der Waals surface area (Å²) in [7, 11) is 1.94. The molecule has 2 N–H and O–H groups in total. The molecule has 9 nitrogen and oxygen atoms in total. The number of nitrogens with one attached hydrogen (secondary N) is 1. The zero-order chi connectivity index (χ0) is 19.7. The third-order valence-electron chi connectivity index (χ3n) is 5.21. The summed E-state index contributed by atoms with van der Waals surface area (Å²) in [5.41, 5.74) is 3.47. The van der Waals surface area contributed by atoms with E-state index in [-0.39, 0.29) is 0 Å². The van der Waals surface area contributed by atoms with Gasteiger partial charge in [-0.3, -0.25) is 4.90 Å². The molecule has 4 heterocycles. The van der Waals surface area contributed by atoms with Crippen LogP contribution in [0.25, 0.3) is 17.2 Å².